The van der Waals surface area contributed by atoms with Crippen LogP contribution in [0.15, 0.2) is 73.1 Å². The van der Waals surface area contributed by atoms with Gasteiger partial charge in [-0.05, 0) is 22.8 Å². The van der Waals surface area contributed by atoms with E-state index in [1.54, 1.807) is 7.11 Å². The monoisotopic (exact) mass is 314 g/mol. The summed E-state index contributed by atoms with van der Waals surface area (Å²) in [6, 6.07) is 21.0. The second-order valence-corrected chi connectivity index (χ2v) is 5.79. The Morgan fingerprint density at radius 1 is 0.917 bits per heavy atom. The third-order valence-corrected chi connectivity index (χ3v) is 4.22. The molecule has 0 atom stereocenters. The fourth-order valence-electron chi connectivity index (χ4n) is 3.09. The number of nitrogens with one attached hydrogen (secondary N) is 1. The number of aromatic nitrogens is 2. The lowest BCUT2D eigenvalue weighted by atomic mass is 9.98. The van der Waals surface area contributed by atoms with E-state index in [0.717, 1.165) is 22.2 Å². The molecule has 0 unspecified atom stereocenters. The number of nitrogens with zero attached hydrogens (tertiary/aromatic N) is 1. The quantitative estimate of drug-likeness (QED) is 0.573. The standard InChI is InChI=1S/C21H18N2O/c1-24-14-15-7-9-17(10-8-15)21-20(16-5-3-2-4-6-16)18-13-22-12-11-19(18)23-21/h2-13,23H,14H2,1H3. The average Bonchev–Trinajstić information content (AvgIpc) is 3.03. The Bertz CT molecular complexity index is 956. The average molecular weight is 314 g/mol. The van der Waals surface area contributed by atoms with Crippen molar-refractivity contribution in [2.75, 3.05) is 7.11 Å². The zero-order valence-corrected chi connectivity index (χ0v) is 13.5. The Kier molecular flexibility index (Phi) is 3.85. The van der Waals surface area contributed by atoms with Crippen LogP contribution >= 0.6 is 0 Å². The van der Waals surface area contributed by atoms with Gasteiger partial charge in [0.15, 0.2) is 0 Å². The summed E-state index contributed by atoms with van der Waals surface area (Å²) in [5.74, 6) is 0. The van der Waals surface area contributed by atoms with Crippen molar-refractivity contribution >= 4 is 10.9 Å². The summed E-state index contributed by atoms with van der Waals surface area (Å²) in [6.07, 6.45) is 3.75. The maximum Gasteiger partial charge on any atom is 0.0713 e. The minimum atomic E-state index is 0.627. The third-order valence-electron chi connectivity index (χ3n) is 4.22. The highest BCUT2D eigenvalue weighted by molar-refractivity contribution is 6.03. The second-order valence-electron chi connectivity index (χ2n) is 5.79. The molecule has 118 valence electrons. The van der Waals surface area contributed by atoms with Crippen LogP contribution < -0.4 is 0 Å². The van der Waals surface area contributed by atoms with Crippen molar-refractivity contribution in [3.63, 3.8) is 0 Å². The molecule has 0 fully saturated rings. The van der Waals surface area contributed by atoms with Gasteiger partial charge in [-0.1, -0.05) is 54.6 Å². The Morgan fingerprint density at radius 3 is 2.46 bits per heavy atom. The fraction of sp³-hybridized carbons (Fsp3) is 0.0952. The SMILES string of the molecule is COCc1ccc(-c2[nH]c3ccncc3c2-c2ccccc2)cc1. The normalized spacial score (nSPS) is 11.0. The van der Waals surface area contributed by atoms with Crippen molar-refractivity contribution in [1.82, 2.24) is 9.97 Å². The van der Waals surface area contributed by atoms with Crippen LogP contribution in [0.2, 0.25) is 0 Å². The minimum absolute atomic E-state index is 0.627. The number of rotatable bonds is 4. The molecule has 0 aliphatic carbocycles. The largest absolute Gasteiger partial charge is 0.380 e. The lowest BCUT2D eigenvalue weighted by molar-refractivity contribution is 0.185. The number of methoxy groups -OCH3 is 1. The van der Waals surface area contributed by atoms with Crippen LogP contribution in [0.1, 0.15) is 5.56 Å². The van der Waals surface area contributed by atoms with E-state index in [1.165, 1.54) is 16.7 Å². The van der Waals surface area contributed by atoms with Crippen molar-refractivity contribution in [2.45, 2.75) is 6.61 Å². The van der Waals surface area contributed by atoms with Crippen LogP contribution in [0.5, 0.6) is 0 Å². The molecular weight excluding hydrogens is 296 g/mol. The molecule has 4 rings (SSSR count). The predicted octanol–water partition coefficient (Wildman–Crippen LogP) is 5.04. The molecule has 0 spiro atoms. The van der Waals surface area contributed by atoms with Gasteiger partial charge in [0, 0.05) is 36.0 Å². The first-order chi connectivity index (χ1) is 11.9. The highest BCUT2D eigenvalue weighted by Crippen LogP contribution is 2.37. The van der Waals surface area contributed by atoms with Crippen molar-refractivity contribution < 1.29 is 4.74 Å². The van der Waals surface area contributed by atoms with E-state index >= 15 is 0 Å². The molecule has 24 heavy (non-hydrogen) atoms. The van der Waals surface area contributed by atoms with Crippen molar-refractivity contribution in [1.29, 1.82) is 0 Å². The van der Waals surface area contributed by atoms with Crippen LogP contribution in [0.25, 0.3) is 33.3 Å². The van der Waals surface area contributed by atoms with Gasteiger partial charge in [0.2, 0.25) is 0 Å². The summed E-state index contributed by atoms with van der Waals surface area (Å²) in [7, 11) is 1.71. The van der Waals surface area contributed by atoms with Gasteiger partial charge in [-0.2, -0.15) is 0 Å². The van der Waals surface area contributed by atoms with E-state index in [1.807, 2.05) is 24.5 Å². The number of benzene rings is 2. The maximum absolute atomic E-state index is 5.20. The molecule has 3 heteroatoms. The number of hydrogen-bond donors (Lipinski definition) is 1. The van der Waals surface area contributed by atoms with Gasteiger partial charge < -0.3 is 9.72 Å². The number of ether oxygens (including phenoxy) is 1. The molecule has 0 amide bonds. The van der Waals surface area contributed by atoms with Gasteiger partial charge in [-0.3, -0.25) is 4.98 Å². The second kappa shape index (κ2) is 6.30. The number of aromatic amines is 1. The Hall–Kier alpha value is -2.91. The summed E-state index contributed by atoms with van der Waals surface area (Å²) < 4.78 is 5.20. The van der Waals surface area contributed by atoms with Crippen LogP contribution in [0.3, 0.4) is 0 Å². The Balaban J connectivity index is 1.91. The van der Waals surface area contributed by atoms with E-state index in [2.05, 4.69) is 58.5 Å². The first-order valence-electron chi connectivity index (χ1n) is 7.96. The molecule has 0 saturated carbocycles. The van der Waals surface area contributed by atoms with E-state index in [-0.39, 0.29) is 0 Å². The summed E-state index contributed by atoms with van der Waals surface area (Å²) >= 11 is 0. The molecule has 0 saturated heterocycles. The topological polar surface area (TPSA) is 37.9 Å². The summed E-state index contributed by atoms with van der Waals surface area (Å²) in [4.78, 5) is 7.87. The molecule has 3 nitrogen and oxygen atoms in total. The van der Waals surface area contributed by atoms with Crippen LogP contribution in [-0.2, 0) is 11.3 Å². The molecule has 2 aromatic heterocycles. The zero-order valence-electron chi connectivity index (χ0n) is 13.5. The van der Waals surface area contributed by atoms with Crippen molar-refractivity contribution in [2.24, 2.45) is 0 Å². The molecule has 0 aliphatic heterocycles. The molecule has 2 heterocycles. The number of hydrogen-bond acceptors (Lipinski definition) is 2. The first-order valence-corrected chi connectivity index (χ1v) is 7.96. The smallest absolute Gasteiger partial charge is 0.0713 e. The molecule has 4 aromatic rings. The van der Waals surface area contributed by atoms with E-state index < -0.39 is 0 Å². The number of fused-ring (bicyclic) bond motifs is 1. The van der Waals surface area contributed by atoms with E-state index in [4.69, 9.17) is 4.74 Å². The van der Waals surface area contributed by atoms with Gasteiger partial charge in [-0.25, -0.2) is 0 Å². The molecule has 0 bridgehead atoms. The van der Waals surface area contributed by atoms with E-state index in [0.29, 0.717) is 6.61 Å². The Labute approximate surface area is 140 Å². The first kappa shape index (κ1) is 14.7. The van der Waals surface area contributed by atoms with Gasteiger partial charge in [0.05, 0.1) is 12.3 Å². The highest BCUT2D eigenvalue weighted by atomic mass is 16.5. The lowest BCUT2D eigenvalue weighted by Gasteiger charge is -2.07. The number of H-pyrrole nitrogens is 1. The third kappa shape index (κ3) is 2.59. The van der Waals surface area contributed by atoms with Crippen LogP contribution in [0, 0.1) is 0 Å². The highest BCUT2D eigenvalue weighted by Gasteiger charge is 2.14. The molecule has 1 N–H and O–H groups in total. The van der Waals surface area contributed by atoms with Gasteiger partial charge in [0.1, 0.15) is 0 Å². The summed E-state index contributed by atoms with van der Waals surface area (Å²) in [5.41, 5.74) is 6.92. The zero-order chi connectivity index (χ0) is 16.4. The van der Waals surface area contributed by atoms with E-state index in [9.17, 15) is 0 Å². The summed E-state index contributed by atoms with van der Waals surface area (Å²) in [6.45, 7) is 0.627. The van der Waals surface area contributed by atoms with Gasteiger partial charge in [-0.15, -0.1) is 0 Å². The van der Waals surface area contributed by atoms with Gasteiger partial charge in [0.25, 0.3) is 0 Å². The van der Waals surface area contributed by atoms with Crippen LogP contribution in [-0.4, -0.2) is 17.1 Å². The number of pyridine rings is 1. The molecule has 2 aromatic carbocycles. The minimum Gasteiger partial charge on any atom is -0.380 e. The predicted molar refractivity (Wildman–Crippen MR) is 97.7 cm³/mol. The lowest BCUT2D eigenvalue weighted by Crippen LogP contribution is -1.88. The summed E-state index contributed by atoms with van der Waals surface area (Å²) in [5, 5.41) is 1.14. The molecule has 0 radical (unpaired) electrons. The van der Waals surface area contributed by atoms with Crippen molar-refractivity contribution in [3.8, 4) is 22.4 Å². The fourth-order valence-corrected chi connectivity index (χ4v) is 3.09. The Morgan fingerprint density at radius 2 is 1.71 bits per heavy atom. The van der Waals surface area contributed by atoms with Crippen molar-refractivity contribution in [3.05, 3.63) is 78.6 Å². The van der Waals surface area contributed by atoms with Gasteiger partial charge >= 0.3 is 0 Å². The van der Waals surface area contributed by atoms with Crippen LogP contribution in [0.4, 0.5) is 0 Å². The molecular formula is C21H18N2O. The molecule has 0 aliphatic rings. The maximum atomic E-state index is 5.20.